The van der Waals surface area contributed by atoms with Crippen molar-refractivity contribution < 1.29 is 4.74 Å². The van der Waals surface area contributed by atoms with Crippen LogP contribution in [0.4, 0.5) is 11.4 Å². The Morgan fingerprint density at radius 1 is 0.852 bits per heavy atom. The van der Waals surface area contributed by atoms with Crippen LogP contribution in [0.1, 0.15) is 65.2 Å². The van der Waals surface area contributed by atoms with E-state index in [0.29, 0.717) is 17.3 Å². The van der Waals surface area contributed by atoms with Crippen LogP contribution < -0.4 is 16.2 Å². The van der Waals surface area contributed by atoms with E-state index in [2.05, 4.69) is 26.0 Å². The standard InChI is InChI=1S/C24H38N2O/c1-17(2)21-11-9-19(10-12-21)4-3-18-5-7-20(8-6-18)16-27-24-14-22(25)13-23(26)15-24/h3-4,13-15,17-21H,5-12,16,25-26H2,1-2H3/b4-3+. The summed E-state index contributed by atoms with van der Waals surface area (Å²) in [5.74, 6) is 4.86. The molecule has 1 aromatic carbocycles. The predicted molar refractivity (Wildman–Crippen MR) is 116 cm³/mol. The molecule has 3 rings (SSSR count). The van der Waals surface area contributed by atoms with Gasteiger partial charge in [0.15, 0.2) is 0 Å². The second-order valence-corrected chi connectivity index (χ2v) is 9.23. The first-order chi connectivity index (χ1) is 13.0. The zero-order valence-electron chi connectivity index (χ0n) is 17.2. The third-order valence-corrected chi connectivity index (χ3v) is 6.74. The molecule has 0 spiro atoms. The number of allylic oxidation sites excluding steroid dienone is 2. The molecule has 3 nitrogen and oxygen atoms in total. The molecule has 0 saturated heterocycles. The van der Waals surface area contributed by atoms with E-state index in [9.17, 15) is 0 Å². The number of hydrogen-bond donors (Lipinski definition) is 2. The van der Waals surface area contributed by atoms with Gasteiger partial charge >= 0.3 is 0 Å². The van der Waals surface area contributed by atoms with Gasteiger partial charge in [0.2, 0.25) is 0 Å². The number of rotatable bonds is 6. The molecule has 0 heterocycles. The van der Waals surface area contributed by atoms with Gasteiger partial charge in [-0.2, -0.15) is 0 Å². The van der Waals surface area contributed by atoms with Crippen LogP contribution in [0.3, 0.4) is 0 Å². The summed E-state index contributed by atoms with van der Waals surface area (Å²) in [6, 6.07) is 5.48. The van der Waals surface area contributed by atoms with E-state index < -0.39 is 0 Å². The van der Waals surface area contributed by atoms with Crippen molar-refractivity contribution in [3.05, 3.63) is 30.4 Å². The van der Waals surface area contributed by atoms with E-state index in [-0.39, 0.29) is 0 Å². The number of nitrogens with two attached hydrogens (primary N) is 2. The molecule has 0 unspecified atom stereocenters. The van der Waals surface area contributed by atoms with E-state index in [4.69, 9.17) is 16.2 Å². The molecule has 0 bridgehead atoms. The fraction of sp³-hybridized carbons (Fsp3) is 0.667. The van der Waals surface area contributed by atoms with Gasteiger partial charge in [-0.05, 0) is 87.0 Å². The molecule has 0 radical (unpaired) electrons. The van der Waals surface area contributed by atoms with Gasteiger partial charge in [0.05, 0.1) is 6.61 Å². The second kappa shape index (κ2) is 9.52. The SMILES string of the molecule is CC(C)C1CCC(/C=C/C2CCC(COc3cc(N)cc(N)c3)CC2)CC1. The van der Waals surface area contributed by atoms with Crippen LogP contribution in [0.25, 0.3) is 0 Å². The van der Waals surface area contributed by atoms with Crippen molar-refractivity contribution in [3.8, 4) is 5.75 Å². The quantitative estimate of drug-likeness (QED) is 0.473. The van der Waals surface area contributed by atoms with Gasteiger partial charge in [-0.1, -0.05) is 26.0 Å². The summed E-state index contributed by atoms with van der Waals surface area (Å²) >= 11 is 0. The van der Waals surface area contributed by atoms with Crippen LogP contribution in [-0.2, 0) is 0 Å². The Bertz CT molecular complexity index is 589. The highest BCUT2D eigenvalue weighted by atomic mass is 16.5. The minimum atomic E-state index is 0.652. The molecule has 4 N–H and O–H groups in total. The number of anilines is 2. The Labute approximate surface area is 165 Å². The van der Waals surface area contributed by atoms with E-state index in [1.54, 1.807) is 6.07 Å². The molecule has 150 valence electrons. The molecule has 0 atom stereocenters. The monoisotopic (exact) mass is 370 g/mol. The summed E-state index contributed by atoms with van der Waals surface area (Å²) in [5.41, 5.74) is 13.0. The fourth-order valence-electron chi connectivity index (χ4n) is 4.81. The smallest absolute Gasteiger partial charge is 0.123 e. The van der Waals surface area contributed by atoms with Gasteiger partial charge in [-0.25, -0.2) is 0 Å². The van der Waals surface area contributed by atoms with Crippen molar-refractivity contribution in [3.63, 3.8) is 0 Å². The molecule has 27 heavy (non-hydrogen) atoms. The van der Waals surface area contributed by atoms with Gasteiger partial charge in [0.25, 0.3) is 0 Å². The minimum Gasteiger partial charge on any atom is -0.493 e. The van der Waals surface area contributed by atoms with Gasteiger partial charge < -0.3 is 16.2 Å². The van der Waals surface area contributed by atoms with Crippen molar-refractivity contribution in [2.45, 2.75) is 65.2 Å². The number of ether oxygens (including phenoxy) is 1. The molecule has 0 amide bonds. The van der Waals surface area contributed by atoms with Crippen LogP contribution in [-0.4, -0.2) is 6.61 Å². The molecule has 2 aliphatic carbocycles. The molecule has 0 aliphatic heterocycles. The third kappa shape index (κ3) is 6.19. The summed E-state index contributed by atoms with van der Waals surface area (Å²) in [6.45, 7) is 5.54. The Morgan fingerprint density at radius 3 is 1.89 bits per heavy atom. The first kappa shape index (κ1) is 20.1. The normalized spacial score (nSPS) is 29.3. The molecule has 2 fully saturated rings. The summed E-state index contributed by atoms with van der Waals surface area (Å²) in [5, 5.41) is 0. The van der Waals surface area contributed by atoms with Crippen molar-refractivity contribution in [1.29, 1.82) is 0 Å². The molecule has 3 heteroatoms. The van der Waals surface area contributed by atoms with Crippen molar-refractivity contribution in [2.24, 2.45) is 29.6 Å². The summed E-state index contributed by atoms with van der Waals surface area (Å²) < 4.78 is 5.95. The minimum absolute atomic E-state index is 0.652. The average Bonchev–Trinajstić information content (AvgIpc) is 2.65. The Balaban J connectivity index is 1.36. The van der Waals surface area contributed by atoms with Gasteiger partial charge in [0.1, 0.15) is 5.75 Å². The van der Waals surface area contributed by atoms with E-state index >= 15 is 0 Å². The summed E-state index contributed by atoms with van der Waals surface area (Å²) in [7, 11) is 0. The molecular formula is C24H38N2O. The molecule has 1 aromatic rings. The van der Waals surface area contributed by atoms with Crippen molar-refractivity contribution in [1.82, 2.24) is 0 Å². The largest absolute Gasteiger partial charge is 0.493 e. The number of nitrogen functional groups attached to an aromatic ring is 2. The lowest BCUT2D eigenvalue weighted by Gasteiger charge is -2.30. The molecule has 0 aromatic heterocycles. The maximum atomic E-state index is 5.95. The Kier molecular flexibility index (Phi) is 7.09. The number of hydrogen-bond acceptors (Lipinski definition) is 3. The molecule has 2 saturated carbocycles. The molecular weight excluding hydrogens is 332 g/mol. The maximum Gasteiger partial charge on any atom is 0.123 e. The van der Waals surface area contributed by atoms with Crippen LogP contribution >= 0.6 is 0 Å². The van der Waals surface area contributed by atoms with Crippen LogP contribution in [0.2, 0.25) is 0 Å². The highest BCUT2D eigenvalue weighted by Gasteiger charge is 2.23. The lowest BCUT2D eigenvalue weighted by Crippen LogP contribution is -2.20. The van der Waals surface area contributed by atoms with E-state index in [0.717, 1.165) is 36.0 Å². The van der Waals surface area contributed by atoms with Crippen LogP contribution in [0.15, 0.2) is 30.4 Å². The van der Waals surface area contributed by atoms with Crippen molar-refractivity contribution in [2.75, 3.05) is 18.1 Å². The van der Waals surface area contributed by atoms with Gasteiger partial charge in [0, 0.05) is 23.5 Å². The fourth-order valence-corrected chi connectivity index (χ4v) is 4.81. The first-order valence-corrected chi connectivity index (χ1v) is 11.0. The summed E-state index contributed by atoms with van der Waals surface area (Å²) in [4.78, 5) is 0. The van der Waals surface area contributed by atoms with E-state index in [1.807, 2.05) is 12.1 Å². The van der Waals surface area contributed by atoms with E-state index in [1.165, 1.54) is 51.4 Å². The lowest BCUT2D eigenvalue weighted by atomic mass is 9.76. The first-order valence-electron chi connectivity index (χ1n) is 11.0. The highest BCUT2D eigenvalue weighted by molar-refractivity contribution is 5.56. The van der Waals surface area contributed by atoms with Gasteiger partial charge in [-0.3, -0.25) is 0 Å². The summed E-state index contributed by atoms with van der Waals surface area (Å²) in [6.07, 6.45) is 15.8. The van der Waals surface area contributed by atoms with Crippen LogP contribution in [0, 0.1) is 29.6 Å². The lowest BCUT2D eigenvalue weighted by molar-refractivity contribution is 0.194. The van der Waals surface area contributed by atoms with Crippen molar-refractivity contribution >= 4 is 11.4 Å². The Hall–Kier alpha value is -1.64. The zero-order chi connectivity index (χ0) is 19.2. The topological polar surface area (TPSA) is 61.3 Å². The van der Waals surface area contributed by atoms with Gasteiger partial charge in [-0.15, -0.1) is 0 Å². The second-order valence-electron chi connectivity index (χ2n) is 9.23. The maximum absolute atomic E-state index is 5.95. The third-order valence-electron chi connectivity index (χ3n) is 6.74. The number of benzene rings is 1. The van der Waals surface area contributed by atoms with Crippen LogP contribution in [0.5, 0.6) is 5.75 Å². The predicted octanol–water partition coefficient (Wildman–Crippen LogP) is 6.05. The Morgan fingerprint density at radius 2 is 1.37 bits per heavy atom. The highest BCUT2D eigenvalue weighted by Crippen LogP contribution is 2.35. The zero-order valence-corrected chi connectivity index (χ0v) is 17.2. The molecule has 2 aliphatic rings. The average molecular weight is 371 g/mol.